The van der Waals surface area contributed by atoms with Crippen molar-refractivity contribution in [2.24, 2.45) is 0 Å². The second-order valence-electron chi connectivity index (χ2n) is 6.28. The van der Waals surface area contributed by atoms with E-state index in [0.717, 1.165) is 22.9 Å². The number of nitrogens with zero attached hydrogens (tertiary/aromatic N) is 1. The Morgan fingerprint density at radius 3 is 2.62 bits per heavy atom. The molecule has 29 heavy (non-hydrogen) atoms. The van der Waals surface area contributed by atoms with E-state index in [2.05, 4.69) is 15.9 Å². The summed E-state index contributed by atoms with van der Waals surface area (Å²) in [6.45, 7) is 1.14. The second-order valence-corrected chi connectivity index (χ2v) is 8.13. The number of thioether (sulfide) groups is 1. The van der Waals surface area contributed by atoms with Crippen molar-refractivity contribution in [1.82, 2.24) is 4.90 Å². The van der Waals surface area contributed by atoms with E-state index in [0.29, 0.717) is 41.3 Å². The number of carbonyl (C=O) groups excluding carboxylic acids is 2. The van der Waals surface area contributed by atoms with Crippen molar-refractivity contribution in [3.63, 3.8) is 0 Å². The van der Waals surface area contributed by atoms with E-state index >= 15 is 0 Å². The molecule has 0 aliphatic carbocycles. The number of hydrogen-bond donors (Lipinski definition) is 0. The van der Waals surface area contributed by atoms with Crippen LogP contribution >= 0.6 is 27.7 Å². The number of ether oxygens (including phenoxy) is 2. The average molecular weight is 480 g/mol. The summed E-state index contributed by atoms with van der Waals surface area (Å²) in [6, 6.07) is 11.5. The molecule has 152 valence electrons. The first-order valence-corrected chi connectivity index (χ1v) is 10.5. The van der Waals surface area contributed by atoms with Gasteiger partial charge in [0.05, 0.1) is 9.38 Å². The van der Waals surface area contributed by atoms with Gasteiger partial charge in [0, 0.05) is 20.3 Å². The number of amides is 2. The molecule has 0 N–H and O–H groups in total. The lowest BCUT2D eigenvalue weighted by Gasteiger charge is -2.11. The molecule has 0 unspecified atom stereocenters. The van der Waals surface area contributed by atoms with Crippen LogP contribution in [0.4, 0.5) is 9.18 Å². The first-order valence-electron chi connectivity index (χ1n) is 8.89. The molecule has 3 rings (SSSR count). The summed E-state index contributed by atoms with van der Waals surface area (Å²) in [6.07, 6.45) is 2.29. The summed E-state index contributed by atoms with van der Waals surface area (Å²) in [5.74, 6) is 0.0467. The maximum atomic E-state index is 13.0. The van der Waals surface area contributed by atoms with E-state index in [-0.39, 0.29) is 17.0 Å². The number of benzene rings is 2. The van der Waals surface area contributed by atoms with Gasteiger partial charge < -0.3 is 9.47 Å². The van der Waals surface area contributed by atoms with Crippen LogP contribution in [0.15, 0.2) is 51.8 Å². The summed E-state index contributed by atoms with van der Waals surface area (Å²) in [7, 11) is 1.58. The standard InChI is InChI=1S/C21H19BrFNO4S/c1-27-10-2-9-24-20(25)19(29-21(24)26)12-15-5-8-18(17(22)11-15)28-13-14-3-6-16(23)7-4-14/h3-8,11-12H,2,9-10,13H2,1H3/b19-12+. The van der Waals surface area contributed by atoms with Crippen molar-refractivity contribution in [2.75, 3.05) is 20.3 Å². The maximum Gasteiger partial charge on any atom is 0.293 e. The number of carbonyl (C=O) groups is 2. The summed E-state index contributed by atoms with van der Waals surface area (Å²) < 4.78 is 24.4. The minimum Gasteiger partial charge on any atom is -0.488 e. The monoisotopic (exact) mass is 479 g/mol. The Morgan fingerprint density at radius 2 is 1.93 bits per heavy atom. The maximum absolute atomic E-state index is 13.0. The first-order chi connectivity index (χ1) is 14.0. The molecule has 0 atom stereocenters. The van der Waals surface area contributed by atoms with Gasteiger partial charge in [-0.05, 0) is 75.6 Å². The van der Waals surface area contributed by atoms with Gasteiger partial charge in [-0.25, -0.2) is 4.39 Å². The molecule has 1 heterocycles. The Labute approximate surface area is 181 Å². The Balaban J connectivity index is 1.65. The third kappa shape index (κ3) is 5.68. The molecule has 0 bridgehead atoms. The van der Waals surface area contributed by atoms with E-state index in [9.17, 15) is 14.0 Å². The molecule has 2 amide bonds. The summed E-state index contributed by atoms with van der Waals surface area (Å²) in [5.41, 5.74) is 1.62. The molecule has 1 aliphatic heterocycles. The van der Waals surface area contributed by atoms with Gasteiger partial charge in [-0.2, -0.15) is 0 Å². The minimum atomic E-state index is -0.289. The van der Waals surface area contributed by atoms with E-state index in [1.54, 1.807) is 31.4 Å². The number of halogens is 2. The van der Waals surface area contributed by atoms with Crippen LogP contribution in [0.25, 0.3) is 6.08 Å². The lowest BCUT2D eigenvalue weighted by Crippen LogP contribution is -2.29. The van der Waals surface area contributed by atoms with Crippen LogP contribution in [0.5, 0.6) is 5.75 Å². The third-order valence-electron chi connectivity index (χ3n) is 4.17. The molecule has 0 spiro atoms. The highest BCUT2D eigenvalue weighted by Crippen LogP contribution is 2.34. The Morgan fingerprint density at radius 1 is 1.17 bits per heavy atom. The van der Waals surface area contributed by atoms with Gasteiger partial charge in [-0.1, -0.05) is 18.2 Å². The Kier molecular flexibility index (Phi) is 7.46. The van der Waals surface area contributed by atoms with Gasteiger partial charge in [0.15, 0.2) is 0 Å². The highest BCUT2D eigenvalue weighted by atomic mass is 79.9. The molecule has 1 fully saturated rings. The SMILES string of the molecule is COCCCN1C(=O)S/C(=C/c2ccc(OCc3ccc(F)cc3)c(Br)c2)C1=O. The van der Waals surface area contributed by atoms with E-state index < -0.39 is 0 Å². The van der Waals surface area contributed by atoms with Crippen LogP contribution in [0, 0.1) is 5.82 Å². The van der Waals surface area contributed by atoms with E-state index in [1.807, 2.05) is 12.1 Å². The summed E-state index contributed by atoms with van der Waals surface area (Å²) in [4.78, 5) is 26.2. The predicted octanol–water partition coefficient (Wildman–Crippen LogP) is 5.24. The van der Waals surface area contributed by atoms with Gasteiger partial charge in [-0.15, -0.1) is 0 Å². The fourth-order valence-electron chi connectivity index (χ4n) is 2.68. The van der Waals surface area contributed by atoms with Gasteiger partial charge >= 0.3 is 0 Å². The zero-order chi connectivity index (χ0) is 20.8. The van der Waals surface area contributed by atoms with Crippen LogP contribution in [0.1, 0.15) is 17.5 Å². The lowest BCUT2D eigenvalue weighted by atomic mass is 10.2. The highest BCUT2D eigenvalue weighted by Gasteiger charge is 2.34. The Hall–Kier alpha value is -2.16. The van der Waals surface area contributed by atoms with E-state index in [4.69, 9.17) is 9.47 Å². The quantitative estimate of drug-likeness (QED) is 0.382. The lowest BCUT2D eigenvalue weighted by molar-refractivity contribution is -0.122. The second kappa shape index (κ2) is 10.0. The molecule has 2 aromatic carbocycles. The molecule has 0 saturated carbocycles. The van der Waals surface area contributed by atoms with Crippen LogP contribution in [0.3, 0.4) is 0 Å². The molecule has 5 nitrogen and oxygen atoms in total. The van der Waals surface area contributed by atoms with Gasteiger partial charge in [0.2, 0.25) is 0 Å². The largest absolute Gasteiger partial charge is 0.488 e. The molecular formula is C21H19BrFNO4S. The fraction of sp³-hybridized carbons (Fsp3) is 0.238. The van der Waals surface area contributed by atoms with E-state index in [1.165, 1.54) is 17.0 Å². The normalized spacial score (nSPS) is 15.4. The molecule has 0 radical (unpaired) electrons. The topological polar surface area (TPSA) is 55.8 Å². The Bertz CT molecular complexity index is 933. The average Bonchev–Trinajstić information content (AvgIpc) is 2.96. The number of methoxy groups -OCH3 is 1. The summed E-state index contributed by atoms with van der Waals surface area (Å²) >= 11 is 4.40. The third-order valence-corrected chi connectivity index (χ3v) is 5.69. The summed E-state index contributed by atoms with van der Waals surface area (Å²) in [5, 5.41) is -0.268. The zero-order valence-corrected chi connectivity index (χ0v) is 18.1. The van der Waals surface area contributed by atoms with Crippen LogP contribution in [-0.2, 0) is 16.1 Å². The van der Waals surface area contributed by atoms with Gasteiger partial charge in [0.1, 0.15) is 18.2 Å². The van der Waals surface area contributed by atoms with Crippen molar-refractivity contribution < 1.29 is 23.5 Å². The van der Waals surface area contributed by atoms with Crippen molar-refractivity contribution in [3.05, 3.63) is 68.8 Å². The van der Waals surface area contributed by atoms with Gasteiger partial charge in [0.25, 0.3) is 11.1 Å². The number of imide groups is 1. The molecule has 8 heteroatoms. The van der Waals surface area contributed by atoms with Gasteiger partial charge in [-0.3, -0.25) is 14.5 Å². The molecular weight excluding hydrogens is 461 g/mol. The van der Waals surface area contributed by atoms with Crippen molar-refractivity contribution in [3.8, 4) is 5.75 Å². The number of hydrogen-bond acceptors (Lipinski definition) is 5. The zero-order valence-electron chi connectivity index (χ0n) is 15.7. The predicted molar refractivity (Wildman–Crippen MR) is 114 cm³/mol. The highest BCUT2D eigenvalue weighted by molar-refractivity contribution is 9.10. The van der Waals surface area contributed by atoms with Crippen LogP contribution in [0.2, 0.25) is 0 Å². The smallest absolute Gasteiger partial charge is 0.293 e. The van der Waals surface area contributed by atoms with Crippen molar-refractivity contribution in [2.45, 2.75) is 13.0 Å². The van der Waals surface area contributed by atoms with Crippen LogP contribution in [-0.4, -0.2) is 36.3 Å². The molecule has 1 aliphatic rings. The van der Waals surface area contributed by atoms with Crippen molar-refractivity contribution in [1.29, 1.82) is 0 Å². The molecule has 1 saturated heterocycles. The fourth-order valence-corrected chi connectivity index (χ4v) is 4.05. The molecule has 0 aromatic heterocycles. The van der Waals surface area contributed by atoms with Crippen molar-refractivity contribution >= 4 is 44.9 Å². The van der Waals surface area contributed by atoms with Crippen LogP contribution < -0.4 is 4.74 Å². The number of rotatable bonds is 8. The molecule has 2 aromatic rings. The minimum absolute atomic E-state index is 0.268. The first kappa shape index (κ1) is 21.5.